The molecule has 3 N–H and O–H groups in total. The predicted molar refractivity (Wildman–Crippen MR) is 120 cm³/mol. The number of hydrogen-bond acceptors (Lipinski definition) is 6. The van der Waals surface area contributed by atoms with Gasteiger partial charge in [-0.2, -0.15) is 5.26 Å². The molecular formula is C24H20N6. The maximum Gasteiger partial charge on any atom is 0.232 e. The van der Waals surface area contributed by atoms with Crippen LogP contribution >= 0.6 is 0 Å². The lowest BCUT2D eigenvalue weighted by Gasteiger charge is -2.16. The van der Waals surface area contributed by atoms with Crippen LogP contribution in [0, 0.1) is 11.3 Å². The molecule has 146 valence electrons. The summed E-state index contributed by atoms with van der Waals surface area (Å²) in [5, 5.41) is 13.4. The van der Waals surface area contributed by atoms with E-state index < -0.39 is 0 Å². The van der Waals surface area contributed by atoms with Gasteiger partial charge in [0.05, 0.1) is 11.2 Å². The largest absolute Gasteiger partial charge is 0.354 e. The summed E-state index contributed by atoms with van der Waals surface area (Å²) >= 11 is 0. The number of nitrogens with two attached hydrogens (primary N) is 1. The third-order valence-corrected chi connectivity index (χ3v) is 4.87. The molecule has 0 aliphatic rings. The van der Waals surface area contributed by atoms with Crippen molar-refractivity contribution < 1.29 is 0 Å². The van der Waals surface area contributed by atoms with Crippen molar-refractivity contribution in [3.05, 3.63) is 84.6 Å². The lowest BCUT2D eigenvalue weighted by Crippen LogP contribution is -2.00. The van der Waals surface area contributed by atoms with Crippen molar-refractivity contribution in [1.82, 2.24) is 15.0 Å². The summed E-state index contributed by atoms with van der Waals surface area (Å²) in [5.74, 6) is 0.147. The summed E-state index contributed by atoms with van der Waals surface area (Å²) in [4.78, 5) is 12.8. The van der Waals surface area contributed by atoms with Gasteiger partial charge in [0.1, 0.15) is 6.07 Å². The minimum Gasteiger partial charge on any atom is -0.354 e. The van der Waals surface area contributed by atoms with Gasteiger partial charge in [-0.3, -0.25) is 4.98 Å². The van der Waals surface area contributed by atoms with E-state index in [9.17, 15) is 0 Å². The Kier molecular flexibility index (Phi) is 5.21. The molecule has 6 heteroatoms. The van der Waals surface area contributed by atoms with Crippen LogP contribution in [0.2, 0.25) is 0 Å². The number of fused-ring (bicyclic) bond motifs is 1. The Labute approximate surface area is 174 Å². The zero-order valence-corrected chi connectivity index (χ0v) is 16.6. The summed E-state index contributed by atoms with van der Waals surface area (Å²) < 4.78 is 0. The second-order valence-electron chi connectivity index (χ2n) is 6.99. The van der Waals surface area contributed by atoms with Crippen LogP contribution < -0.4 is 11.1 Å². The van der Waals surface area contributed by atoms with E-state index in [0.717, 1.165) is 50.1 Å². The van der Waals surface area contributed by atoms with E-state index in [4.69, 9.17) is 11.0 Å². The number of anilines is 2. The highest BCUT2D eigenvalue weighted by Gasteiger charge is 2.12. The van der Waals surface area contributed by atoms with Crippen LogP contribution in [0.4, 0.5) is 11.4 Å². The Hall–Kier alpha value is -4.08. The SMILES string of the molecule is C=C(C)c1cnc2ccc(-c3cnc(C#N)nc3)cc2c1Nc1ccc(CN)cc1. The lowest BCUT2D eigenvalue weighted by molar-refractivity contribution is 1.07. The molecule has 4 aromatic rings. The molecule has 0 atom stereocenters. The van der Waals surface area contributed by atoms with Gasteiger partial charge in [0.25, 0.3) is 0 Å². The monoisotopic (exact) mass is 392 g/mol. The molecule has 0 unspecified atom stereocenters. The zero-order chi connectivity index (χ0) is 21.1. The summed E-state index contributed by atoms with van der Waals surface area (Å²) in [6.07, 6.45) is 5.15. The molecule has 2 heterocycles. The van der Waals surface area contributed by atoms with Gasteiger partial charge in [0.2, 0.25) is 5.82 Å². The van der Waals surface area contributed by atoms with E-state index in [2.05, 4.69) is 32.9 Å². The number of nitrogens with one attached hydrogen (secondary N) is 1. The van der Waals surface area contributed by atoms with Gasteiger partial charge in [0, 0.05) is 47.3 Å². The Balaban J connectivity index is 1.85. The van der Waals surface area contributed by atoms with E-state index in [1.807, 2.05) is 55.6 Å². The minimum atomic E-state index is 0.147. The van der Waals surface area contributed by atoms with Crippen LogP contribution in [0.15, 0.2) is 67.6 Å². The molecule has 0 fully saturated rings. The molecule has 0 saturated heterocycles. The molecule has 0 aliphatic carbocycles. The molecular weight excluding hydrogens is 372 g/mol. The standard InChI is InChI=1S/C24H20N6/c1-15(2)21-14-27-22-8-5-17(18-12-28-23(11-26)29-13-18)9-20(22)24(21)30-19-6-3-16(10-25)4-7-19/h3-9,12-14H,1,10,25H2,2H3,(H,27,30). The van der Waals surface area contributed by atoms with Gasteiger partial charge in [-0.25, -0.2) is 9.97 Å². The van der Waals surface area contributed by atoms with Crippen molar-refractivity contribution in [3.8, 4) is 17.2 Å². The Morgan fingerprint density at radius 2 is 1.77 bits per heavy atom. The second kappa shape index (κ2) is 8.11. The van der Waals surface area contributed by atoms with Gasteiger partial charge in [-0.15, -0.1) is 0 Å². The smallest absolute Gasteiger partial charge is 0.232 e. The maximum absolute atomic E-state index is 8.93. The van der Waals surface area contributed by atoms with E-state index >= 15 is 0 Å². The van der Waals surface area contributed by atoms with Crippen molar-refractivity contribution in [2.75, 3.05) is 5.32 Å². The molecule has 0 radical (unpaired) electrons. The van der Waals surface area contributed by atoms with Crippen molar-refractivity contribution >= 4 is 27.9 Å². The van der Waals surface area contributed by atoms with Crippen molar-refractivity contribution in [2.24, 2.45) is 5.73 Å². The Bertz CT molecular complexity index is 1270. The Morgan fingerprint density at radius 3 is 2.40 bits per heavy atom. The highest BCUT2D eigenvalue weighted by Crippen LogP contribution is 2.34. The summed E-state index contributed by atoms with van der Waals surface area (Å²) in [6.45, 7) is 6.58. The number of aromatic nitrogens is 3. The first-order valence-electron chi connectivity index (χ1n) is 9.46. The van der Waals surface area contributed by atoms with Crippen LogP contribution in [0.3, 0.4) is 0 Å². The number of allylic oxidation sites excluding steroid dienone is 1. The van der Waals surface area contributed by atoms with E-state index in [-0.39, 0.29) is 5.82 Å². The van der Waals surface area contributed by atoms with Gasteiger partial charge in [-0.1, -0.05) is 24.8 Å². The molecule has 2 aromatic carbocycles. The fraction of sp³-hybridized carbons (Fsp3) is 0.0833. The molecule has 2 aromatic heterocycles. The third-order valence-electron chi connectivity index (χ3n) is 4.87. The van der Waals surface area contributed by atoms with Gasteiger partial charge >= 0.3 is 0 Å². The van der Waals surface area contributed by atoms with Gasteiger partial charge < -0.3 is 11.1 Å². The number of pyridine rings is 1. The average molecular weight is 392 g/mol. The second-order valence-corrected chi connectivity index (χ2v) is 6.99. The van der Waals surface area contributed by atoms with Gasteiger partial charge in [0.15, 0.2) is 0 Å². The minimum absolute atomic E-state index is 0.147. The molecule has 0 aliphatic heterocycles. The van der Waals surface area contributed by atoms with Crippen molar-refractivity contribution in [1.29, 1.82) is 5.26 Å². The van der Waals surface area contributed by atoms with Crippen LogP contribution in [0.25, 0.3) is 27.6 Å². The van der Waals surface area contributed by atoms with Gasteiger partial charge in [-0.05, 0) is 47.9 Å². The average Bonchev–Trinajstić information content (AvgIpc) is 2.79. The van der Waals surface area contributed by atoms with Crippen molar-refractivity contribution in [2.45, 2.75) is 13.5 Å². The normalized spacial score (nSPS) is 10.6. The molecule has 4 rings (SSSR count). The molecule has 0 amide bonds. The highest BCUT2D eigenvalue weighted by atomic mass is 14.9. The molecule has 30 heavy (non-hydrogen) atoms. The topological polar surface area (TPSA) is 101 Å². The first kappa shape index (κ1) is 19.2. The van der Waals surface area contributed by atoms with E-state index in [0.29, 0.717) is 6.54 Å². The van der Waals surface area contributed by atoms with Crippen LogP contribution in [-0.4, -0.2) is 15.0 Å². The molecule has 0 bridgehead atoms. The van der Waals surface area contributed by atoms with Crippen molar-refractivity contribution in [3.63, 3.8) is 0 Å². The van der Waals surface area contributed by atoms with E-state index in [1.165, 1.54) is 0 Å². The number of nitrogens with zero attached hydrogens (tertiary/aromatic N) is 4. The number of nitriles is 1. The predicted octanol–water partition coefficient (Wildman–Crippen LogP) is 4.80. The molecule has 0 spiro atoms. The quantitative estimate of drug-likeness (QED) is 0.506. The maximum atomic E-state index is 8.93. The first-order valence-corrected chi connectivity index (χ1v) is 9.46. The first-order chi connectivity index (χ1) is 14.6. The van der Waals surface area contributed by atoms with Crippen LogP contribution in [0.1, 0.15) is 23.9 Å². The van der Waals surface area contributed by atoms with E-state index in [1.54, 1.807) is 12.4 Å². The fourth-order valence-corrected chi connectivity index (χ4v) is 3.23. The third kappa shape index (κ3) is 3.75. The fourth-order valence-electron chi connectivity index (χ4n) is 3.23. The summed E-state index contributed by atoms with van der Waals surface area (Å²) in [7, 11) is 0. The summed E-state index contributed by atoms with van der Waals surface area (Å²) in [6, 6.07) is 16.0. The molecule has 6 nitrogen and oxygen atoms in total. The highest BCUT2D eigenvalue weighted by molar-refractivity contribution is 6.00. The number of hydrogen-bond donors (Lipinski definition) is 2. The zero-order valence-electron chi connectivity index (χ0n) is 16.6. The number of rotatable bonds is 5. The Morgan fingerprint density at radius 1 is 1.03 bits per heavy atom. The molecule has 0 saturated carbocycles. The summed E-state index contributed by atoms with van der Waals surface area (Å²) in [5.41, 5.74) is 13.2. The van der Waals surface area contributed by atoms with Crippen LogP contribution in [-0.2, 0) is 6.54 Å². The van der Waals surface area contributed by atoms with Crippen LogP contribution in [0.5, 0.6) is 0 Å². The lowest BCUT2D eigenvalue weighted by atomic mass is 10.0. The number of benzene rings is 2.